The number of unbranched alkanes of at least 4 members (excludes halogenated alkanes) is 24. The van der Waals surface area contributed by atoms with Gasteiger partial charge in [0.1, 0.15) is 37.6 Å². The number of amides is 2. The minimum Gasteiger partial charge on any atom is -0.479 e. The zero-order valence-corrected chi connectivity index (χ0v) is 42.4. The van der Waals surface area contributed by atoms with Crippen LogP contribution in [0.2, 0.25) is 0 Å². The third-order valence-electron chi connectivity index (χ3n) is 12.7. The van der Waals surface area contributed by atoms with Crippen LogP contribution in [-0.2, 0) is 52.5 Å². The van der Waals surface area contributed by atoms with Gasteiger partial charge in [0.15, 0.2) is 18.4 Å². The first-order valence-corrected chi connectivity index (χ1v) is 26.3. The number of esters is 3. The van der Waals surface area contributed by atoms with Gasteiger partial charge < -0.3 is 55.4 Å². The fourth-order valence-electron chi connectivity index (χ4n) is 8.52. The summed E-state index contributed by atoms with van der Waals surface area (Å²) >= 11 is 0. The maximum Gasteiger partial charge on any atom is 0.332 e. The average Bonchev–Trinajstić information content (AvgIpc) is 3.30. The zero-order valence-electron chi connectivity index (χ0n) is 42.4. The highest BCUT2D eigenvalue weighted by molar-refractivity contribution is 5.86. The molecule has 17 heteroatoms. The second kappa shape index (κ2) is 39.4. The number of aliphatic carboxylic acids is 1. The summed E-state index contributed by atoms with van der Waals surface area (Å²) in [6, 6.07) is -2.93. The lowest BCUT2D eigenvalue weighted by Gasteiger charge is -2.48. The van der Waals surface area contributed by atoms with E-state index in [4.69, 9.17) is 35.2 Å². The molecule has 0 bridgehead atoms. The van der Waals surface area contributed by atoms with Crippen LogP contribution in [0.15, 0.2) is 0 Å². The first-order chi connectivity index (χ1) is 32.7. The van der Waals surface area contributed by atoms with Gasteiger partial charge in [0.05, 0.1) is 12.6 Å². The van der Waals surface area contributed by atoms with Gasteiger partial charge in [-0.3, -0.25) is 24.0 Å². The summed E-state index contributed by atoms with van der Waals surface area (Å²) in [4.78, 5) is 77.1. The predicted octanol–water partition coefficient (Wildman–Crippen LogP) is 7.69. The molecule has 396 valence electrons. The van der Waals surface area contributed by atoms with Gasteiger partial charge >= 0.3 is 23.9 Å². The zero-order chi connectivity index (χ0) is 50.5. The minimum absolute atomic E-state index is 0.150. The van der Waals surface area contributed by atoms with Gasteiger partial charge in [-0.25, -0.2) is 4.79 Å². The van der Waals surface area contributed by atoms with E-state index in [0.717, 1.165) is 50.3 Å². The summed E-state index contributed by atoms with van der Waals surface area (Å²) in [6.07, 6.45) is 21.3. The fourth-order valence-corrected chi connectivity index (χ4v) is 8.52. The van der Waals surface area contributed by atoms with Crippen LogP contribution < -0.4 is 11.5 Å². The molecule has 1 rings (SSSR count). The van der Waals surface area contributed by atoms with Crippen molar-refractivity contribution < 1.29 is 67.8 Å². The molecule has 0 aliphatic carbocycles. The molecule has 0 aromatic rings. The third kappa shape index (κ3) is 28.3. The highest BCUT2D eigenvalue weighted by Gasteiger charge is 2.50. The van der Waals surface area contributed by atoms with E-state index in [1.54, 1.807) is 0 Å². The second-order valence-corrected chi connectivity index (χ2v) is 18.7. The summed E-state index contributed by atoms with van der Waals surface area (Å²) in [5.41, 5.74) is 12.1. The van der Waals surface area contributed by atoms with Crippen molar-refractivity contribution in [2.75, 3.05) is 19.8 Å². The van der Waals surface area contributed by atoms with Crippen molar-refractivity contribution in [3.05, 3.63) is 0 Å². The molecule has 17 nitrogen and oxygen atoms in total. The van der Waals surface area contributed by atoms with Crippen LogP contribution in [0.3, 0.4) is 0 Å². The Bertz CT molecular complexity index is 1390. The molecule has 8 atom stereocenters. The molecule has 1 heterocycles. The first kappa shape index (κ1) is 62.6. The Kier molecular flexibility index (Phi) is 36.2. The summed E-state index contributed by atoms with van der Waals surface area (Å²) in [5, 5.41) is 30.1. The number of carbonyl (C=O) groups is 6. The molecule has 7 N–H and O–H groups in total. The quantitative estimate of drug-likeness (QED) is 0.0223. The normalized spacial score (nSPS) is 19.4. The summed E-state index contributed by atoms with van der Waals surface area (Å²) in [6.45, 7) is 5.21. The van der Waals surface area contributed by atoms with Crippen molar-refractivity contribution in [1.82, 2.24) is 4.90 Å². The van der Waals surface area contributed by atoms with Crippen LogP contribution in [0, 0.1) is 0 Å². The number of carboxylic acid groups (broad SMARTS) is 1. The number of rotatable bonds is 43. The molecular formula is C51H93N3O14. The largest absolute Gasteiger partial charge is 0.479 e. The topological polar surface area (TPSA) is 265 Å². The molecule has 1 aliphatic heterocycles. The number of aliphatic hydroxyl groups is 2. The van der Waals surface area contributed by atoms with Gasteiger partial charge in [-0.05, 0) is 26.2 Å². The maximum atomic E-state index is 13.1. The van der Waals surface area contributed by atoms with Crippen LogP contribution in [0.4, 0.5) is 0 Å². The molecule has 0 aromatic carbocycles. The van der Waals surface area contributed by atoms with Crippen molar-refractivity contribution in [3.63, 3.8) is 0 Å². The fraction of sp³-hybridized carbons (Fsp3) is 0.882. The van der Waals surface area contributed by atoms with Crippen LogP contribution in [-0.4, -0.2) is 125 Å². The molecule has 0 saturated carbocycles. The Morgan fingerprint density at radius 1 is 0.632 bits per heavy atom. The van der Waals surface area contributed by atoms with E-state index in [0.29, 0.717) is 12.8 Å². The molecule has 2 amide bonds. The average molecular weight is 972 g/mol. The van der Waals surface area contributed by atoms with Crippen LogP contribution in [0.5, 0.6) is 0 Å². The minimum atomic E-state index is -1.60. The summed E-state index contributed by atoms with van der Waals surface area (Å²) < 4.78 is 27.8. The molecular weight excluding hydrogens is 879 g/mol. The Labute approximate surface area is 407 Å². The number of hydrogen-bond acceptors (Lipinski definition) is 14. The molecule has 1 fully saturated rings. The lowest BCUT2D eigenvalue weighted by Crippen LogP contribution is -2.70. The van der Waals surface area contributed by atoms with E-state index in [9.17, 15) is 44.1 Å². The Morgan fingerprint density at radius 3 is 1.41 bits per heavy atom. The molecule has 1 unspecified atom stereocenters. The maximum absolute atomic E-state index is 13.1. The standard InChI is InChI=1S/C51H93N3O14/c1-5-7-9-11-13-15-17-19-21-23-25-27-29-31-43(57)64-36-40(67-45(59)32-30-28-26-24-22-20-18-16-14-12-10-8-6-2)37-65-44(58)34-33-41(49(53)61)54(39(4)56)50-46(52)48(66-38(3)51(62)63)47(60)42(35-55)68-50/h38,40-42,46-48,50,55,60H,5-37,52H2,1-4H3,(H2,53,61)(H,62,63)/t38-,40-,41-,42-,46-,47-,48-,50?/m1/s1. The van der Waals surface area contributed by atoms with Gasteiger partial charge in [-0.1, -0.05) is 168 Å². The number of nitrogens with zero attached hydrogens (tertiary/aromatic N) is 1. The molecule has 68 heavy (non-hydrogen) atoms. The van der Waals surface area contributed by atoms with Crippen molar-refractivity contribution in [3.8, 4) is 0 Å². The van der Waals surface area contributed by atoms with Crippen molar-refractivity contribution in [1.29, 1.82) is 0 Å². The monoisotopic (exact) mass is 972 g/mol. The first-order valence-electron chi connectivity index (χ1n) is 26.3. The van der Waals surface area contributed by atoms with Crippen LogP contribution in [0.1, 0.15) is 220 Å². The summed E-state index contributed by atoms with van der Waals surface area (Å²) in [5.74, 6) is -4.97. The lowest BCUT2D eigenvalue weighted by molar-refractivity contribution is -0.246. The Morgan fingerprint density at radius 2 is 1.03 bits per heavy atom. The highest BCUT2D eigenvalue weighted by Crippen LogP contribution is 2.28. The number of primary amides is 1. The molecule has 0 aromatic heterocycles. The Hall–Kier alpha value is -3.38. The number of aliphatic hydroxyl groups excluding tert-OH is 2. The smallest absolute Gasteiger partial charge is 0.332 e. The van der Waals surface area contributed by atoms with E-state index in [2.05, 4.69) is 13.8 Å². The lowest BCUT2D eigenvalue weighted by atomic mass is 9.94. The summed E-state index contributed by atoms with van der Waals surface area (Å²) in [7, 11) is 0. The van der Waals surface area contributed by atoms with Gasteiger partial charge in [0.2, 0.25) is 11.8 Å². The van der Waals surface area contributed by atoms with E-state index in [1.165, 1.54) is 122 Å². The third-order valence-corrected chi connectivity index (χ3v) is 12.7. The number of nitrogens with two attached hydrogens (primary N) is 2. The molecule has 1 aliphatic rings. The number of ether oxygens (including phenoxy) is 5. The SMILES string of the molecule is CCCCCCCCCCCCCCCC(=O)OC[C@H](COC(=O)CC[C@H](C(N)=O)N(C(C)=O)C1O[C@H](CO)[C@@H](O)[C@H](O[C@H](C)C(=O)O)[C@H]1N)OC(=O)CCCCCCCCCCCCCCC. The van der Waals surface area contributed by atoms with Crippen LogP contribution >= 0.6 is 0 Å². The second-order valence-electron chi connectivity index (χ2n) is 18.7. The highest BCUT2D eigenvalue weighted by atomic mass is 16.6. The van der Waals surface area contributed by atoms with Crippen molar-refractivity contribution >= 4 is 35.7 Å². The van der Waals surface area contributed by atoms with Crippen molar-refractivity contribution in [2.24, 2.45) is 11.5 Å². The van der Waals surface area contributed by atoms with Gasteiger partial charge in [-0.2, -0.15) is 0 Å². The molecule has 0 radical (unpaired) electrons. The van der Waals surface area contributed by atoms with E-state index in [1.807, 2.05) is 0 Å². The molecule has 0 spiro atoms. The van der Waals surface area contributed by atoms with E-state index >= 15 is 0 Å². The predicted molar refractivity (Wildman–Crippen MR) is 259 cm³/mol. The van der Waals surface area contributed by atoms with Gasteiger partial charge in [0.25, 0.3) is 0 Å². The Balaban J connectivity index is 2.79. The number of hydrogen-bond donors (Lipinski definition) is 5. The number of carbonyl (C=O) groups excluding carboxylic acids is 5. The van der Waals surface area contributed by atoms with Crippen molar-refractivity contribution in [2.45, 2.75) is 269 Å². The van der Waals surface area contributed by atoms with E-state index < -0.39 is 104 Å². The van der Waals surface area contributed by atoms with Gasteiger partial charge in [-0.15, -0.1) is 0 Å². The van der Waals surface area contributed by atoms with Crippen LogP contribution in [0.25, 0.3) is 0 Å². The number of carboxylic acids is 1. The van der Waals surface area contributed by atoms with Gasteiger partial charge in [0, 0.05) is 26.2 Å². The van der Waals surface area contributed by atoms with E-state index in [-0.39, 0.29) is 25.9 Å². The molecule has 1 saturated heterocycles.